The van der Waals surface area contributed by atoms with Gasteiger partial charge in [0.1, 0.15) is 0 Å². The van der Waals surface area contributed by atoms with Gasteiger partial charge < -0.3 is 10.2 Å². The number of halogens is 1. The van der Waals surface area contributed by atoms with E-state index >= 15 is 0 Å². The Hall–Kier alpha value is -2.44. The van der Waals surface area contributed by atoms with Crippen LogP contribution in [0.15, 0.2) is 48.5 Å². The van der Waals surface area contributed by atoms with Gasteiger partial charge in [0.05, 0.1) is 22.2 Å². The highest BCUT2D eigenvalue weighted by molar-refractivity contribution is 7.22. The number of rotatable bonds is 4. The molecule has 0 radical (unpaired) electrons. The van der Waals surface area contributed by atoms with Crippen LogP contribution in [0.1, 0.15) is 24.9 Å². The number of fused-ring (bicyclic) bond motifs is 1. The van der Waals surface area contributed by atoms with Crippen LogP contribution in [-0.4, -0.2) is 28.2 Å². The van der Waals surface area contributed by atoms with Crippen LogP contribution in [0.25, 0.3) is 10.2 Å². The molecule has 2 amide bonds. The summed E-state index contributed by atoms with van der Waals surface area (Å²) < 4.78 is 0.916. The summed E-state index contributed by atoms with van der Waals surface area (Å²) in [5, 5.41) is 4.02. The van der Waals surface area contributed by atoms with Crippen LogP contribution in [0.2, 0.25) is 5.02 Å². The van der Waals surface area contributed by atoms with Gasteiger partial charge in [-0.3, -0.25) is 9.59 Å². The number of nitrogens with one attached hydrogen (secondary N) is 1. The molecule has 7 heteroatoms. The van der Waals surface area contributed by atoms with E-state index in [1.165, 1.54) is 11.3 Å². The van der Waals surface area contributed by atoms with Gasteiger partial charge in [-0.25, -0.2) is 4.98 Å². The third-order valence-corrected chi connectivity index (χ3v) is 6.03. The Balaban J connectivity index is 1.45. The number of amides is 2. The minimum atomic E-state index is -0.376. The Bertz CT molecular complexity index is 1000. The van der Waals surface area contributed by atoms with E-state index in [4.69, 9.17) is 11.6 Å². The topological polar surface area (TPSA) is 62.3 Å². The minimum Gasteiger partial charge on any atom is -0.335 e. The highest BCUT2D eigenvalue weighted by Crippen LogP contribution is 2.31. The summed E-state index contributed by atoms with van der Waals surface area (Å²) in [5.74, 6) is -0.543. The Morgan fingerprint density at radius 2 is 2.07 bits per heavy atom. The second-order valence-corrected chi connectivity index (χ2v) is 8.12. The minimum absolute atomic E-state index is 0.00239. The third-order valence-electron chi connectivity index (χ3n) is 4.86. The van der Waals surface area contributed by atoms with Crippen molar-refractivity contribution in [2.24, 2.45) is 5.92 Å². The molecule has 138 valence electrons. The number of hydrogen-bond acceptors (Lipinski definition) is 4. The van der Waals surface area contributed by atoms with Gasteiger partial charge >= 0.3 is 0 Å². The summed E-state index contributed by atoms with van der Waals surface area (Å²) in [6.07, 6.45) is 0.222. The van der Waals surface area contributed by atoms with Crippen molar-refractivity contribution in [3.05, 3.63) is 59.1 Å². The van der Waals surface area contributed by atoms with Crippen molar-refractivity contribution in [2.75, 3.05) is 11.9 Å². The molecule has 5 nitrogen and oxygen atoms in total. The van der Waals surface area contributed by atoms with Gasteiger partial charge in [-0.05, 0) is 30.7 Å². The zero-order valence-electron chi connectivity index (χ0n) is 14.7. The average molecular weight is 400 g/mol. The van der Waals surface area contributed by atoms with E-state index in [0.29, 0.717) is 16.7 Å². The summed E-state index contributed by atoms with van der Waals surface area (Å²) in [6.45, 7) is 2.41. The van der Waals surface area contributed by atoms with Crippen molar-refractivity contribution < 1.29 is 9.59 Å². The Labute approximate surface area is 166 Å². The largest absolute Gasteiger partial charge is 0.335 e. The fourth-order valence-electron chi connectivity index (χ4n) is 3.35. The number of carbonyl (C=O) groups excluding carboxylic acids is 2. The molecule has 0 aliphatic carbocycles. The summed E-state index contributed by atoms with van der Waals surface area (Å²) in [5.41, 5.74) is 1.86. The summed E-state index contributed by atoms with van der Waals surface area (Å²) >= 11 is 7.38. The molecule has 4 rings (SSSR count). The van der Waals surface area contributed by atoms with Crippen molar-refractivity contribution in [1.29, 1.82) is 0 Å². The molecular weight excluding hydrogens is 382 g/mol. The van der Waals surface area contributed by atoms with Crippen LogP contribution in [0.5, 0.6) is 0 Å². The van der Waals surface area contributed by atoms with Crippen molar-refractivity contribution in [1.82, 2.24) is 9.88 Å². The van der Waals surface area contributed by atoms with Gasteiger partial charge in [0, 0.05) is 18.0 Å². The number of benzene rings is 2. The maximum absolute atomic E-state index is 12.7. The second-order valence-electron chi connectivity index (χ2n) is 6.65. The maximum Gasteiger partial charge on any atom is 0.231 e. The van der Waals surface area contributed by atoms with E-state index < -0.39 is 0 Å². The quantitative estimate of drug-likeness (QED) is 0.702. The van der Waals surface area contributed by atoms with Gasteiger partial charge in [-0.15, -0.1) is 0 Å². The predicted octanol–water partition coefficient (Wildman–Crippen LogP) is 4.50. The lowest BCUT2D eigenvalue weighted by atomic mass is 10.1. The Morgan fingerprint density at radius 1 is 1.30 bits per heavy atom. The van der Waals surface area contributed by atoms with Crippen molar-refractivity contribution in [3.8, 4) is 0 Å². The van der Waals surface area contributed by atoms with Gasteiger partial charge in [0.2, 0.25) is 11.8 Å². The normalized spacial score (nSPS) is 18.1. The molecule has 0 saturated carbocycles. The van der Waals surface area contributed by atoms with Crippen LogP contribution in [-0.2, 0) is 9.59 Å². The zero-order valence-corrected chi connectivity index (χ0v) is 16.3. The zero-order chi connectivity index (χ0) is 19.0. The predicted molar refractivity (Wildman–Crippen MR) is 108 cm³/mol. The van der Waals surface area contributed by atoms with Gasteiger partial charge in [-0.1, -0.05) is 53.3 Å². The fourth-order valence-corrected chi connectivity index (χ4v) is 4.50. The first kappa shape index (κ1) is 17.9. The van der Waals surface area contributed by atoms with Crippen LogP contribution in [0.4, 0.5) is 5.13 Å². The molecule has 2 heterocycles. The molecule has 1 N–H and O–H groups in total. The Kier molecular flexibility index (Phi) is 4.85. The number of likely N-dealkylation sites (tertiary alicyclic amines) is 1. The molecule has 2 atom stereocenters. The molecule has 0 unspecified atom stereocenters. The van der Waals surface area contributed by atoms with Crippen LogP contribution in [0, 0.1) is 5.92 Å². The molecular formula is C20H18ClN3O2S. The van der Waals surface area contributed by atoms with Crippen molar-refractivity contribution in [2.45, 2.75) is 19.4 Å². The van der Waals surface area contributed by atoms with E-state index in [9.17, 15) is 9.59 Å². The van der Waals surface area contributed by atoms with E-state index in [-0.39, 0.29) is 30.2 Å². The van der Waals surface area contributed by atoms with Gasteiger partial charge in [0.25, 0.3) is 0 Å². The molecule has 1 aliphatic rings. The number of nitrogens with zero attached hydrogens (tertiary/aromatic N) is 2. The molecule has 1 saturated heterocycles. The first-order valence-corrected chi connectivity index (χ1v) is 9.92. The first-order chi connectivity index (χ1) is 13.0. The fraction of sp³-hybridized carbons (Fsp3) is 0.250. The van der Waals surface area contributed by atoms with E-state index in [1.807, 2.05) is 49.4 Å². The lowest BCUT2D eigenvalue weighted by Gasteiger charge is -2.25. The highest BCUT2D eigenvalue weighted by atomic mass is 35.5. The summed E-state index contributed by atoms with van der Waals surface area (Å²) in [7, 11) is 0. The lowest BCUT2D eigenvalue weighted by Crippen LogP contribution is -2.30. The monoisotopic (exact) mass is 399 g/mol. The van der Waals surface area contributed by atoms with E-state index in [2.05, 4.69) is 10.3 Å². The first-order valence-electron chi connectivity index (χ1n) is 8.72. The van der Waals surface area contributed by atoms with Crippen LogP contribution >= 0.6 is 22.9 Å². The standard InChI is InChI=1S/C20H18ClN3O2S/c1-12(13-5-3-2-4-6-13)24-11-14(9-18(24)25)19(26)23-20-22-16-8-7-15(21)10-17(16)27-20/h2-8,10,12,14H,9,11H2,1H3,(H,22,23,26)/t12-,14+/m1/s1. The average Bonchev–Trinajstić information content (AvgIpc) is 3.24. The SMILES string of the molecule is C[C@H](c1ccccc1)N1C[C@@H](C(=O)Nc2nc3ccc(Cl)cc3s2)CC1=O. The van der Waals surface area contributed by atoms with Gasteiger partial charge in [0.15, 0.2) is 5.13 Å². The molecule has 27 heavy (non-hydrogen) atoms. The summed E-state index contributed by atoms with van der Waals surface area (Å²) in [6, 6.07) is 15.2. The summed E-state index contributed by atoms with van der Waals surface area (Å²) in [4.78, 5) is 31.3. The second kappa shape index (κ2) is 7.29. The molecule has 1 fully saturated rings. The molecule has 1 aromatic heterocycles. The number of thiazole rings is 1. The Morgan fingerprint density at radius 3 is 2.85 bits per heavy atom. The number of anilines is 1. The number of hydrogen-bond donors (Lipinski definition) is 1. The van der Waals surface area contributed by atoms with Crippen molar-refractivity contribution in [3.63, 3.8) is 0 Å². The van der Waals surface area contributed by atoms with Crippen LogP contribution in [0.3, 0.4) is 0 Å². The molecule has 0 bridgehead atoms. The van der Waals surface area contributed by atoms with Crippen molar-refractivity contribution >= 4 is 50.1 Å². The van der Waals surface area contributed by atoms with Crippen LogP contribution < -0.4 is 5.32 Å². The number of aromatic nitrogens is 1. The smallest absolute Gasteiger partial charge is 0.231 e. The molecule has 2 aromatic carbocycles. The molecule has 0 spiro atoms. The lowest BCUT2D eigenvalue weighted by molar-refractivity contribution is -0.129. The van der Waals surface area contributed by atoms with Gasteiger partial charge in [-0.2, -0.15) is 0 Å². The van der Waals surface area contributed by atoms with E-state index in [1.54, 1.807) is 11.0 Å². The highest BCUT2D eigenvalue weighted by Gasteiger charge is 2.37. The van der Waals surface area contributed by atoms with E-state index in [0.717, 1.165) is 15.8 Å². The number of carbonyl (C=O) groups is 2. The third kappa shape index (κ3) is 3.68. The molecule has 3 aromatic rings. The molecule has 1 aliphatic heterocycles. The maximum atomic E-state index is 12.7.